The number of aryl methyl sites for hydroxylation is 1. The van der Waals surface area contributed by atoms with Crippen LogP contribution in [0.3, 0.4) is 0 Å². The van der Waals surface area contributed by atoms with Gasteiger partial charge >= 0.3 is 11.9 Å². The van der Waals surface area contributed by atoms with Gasteiger partial charge in [0.1, 0.15) is 0 Å². The van der Waals surface area contributed by atoms with Crippen molar-refractivity contribution in [2.45, 2.75) is 13.8 Å². The summed E-state index contributed by atoms with van der Waals surface area (Å²) in [6.45, 7) is 4.14. The molecule has 0 fully saturated rings. The second-order valence-corrected chi connectivity index (χ2v) is 7.68. The average Bonchev–Trinajstić information content (AvgIpc) is 3.16. The molecule has 3 aromatic carbocycles. The number of hydrogen-bond acceptors (Lipinski definition) is 6. The van der Waals surface area contributed by atoms with Crippen molar-refractivity contribution >= 4 is 35.5 Å². The van der Waals surface area contributed by atoms with Gasteiger partial charge in [0.05, 0.1) is 12.2 Å². The predicted octanol–water partition coefficient (Wildman–Crippen LogP) is 5.61. The molecular formula is C26H20ClNO5. The van der Waals surface area contributed by atoms with Gasteiger partial charge < -0.3 is 14.2 Å². The van der Waals surface area contributed by atoms with Crippen LogP contribution in [-0.4, -0.2) is 24.4 Å². The van der Waals surface area contributed by atoms with Crippen molar-refractivity contribution in [2.24, 2.45) is 4.99 Å². The number of aliphatic imine (C=N–C) groups is 1. The molecule has 0 bridgehead atoms. The molecule has 0 aliphatic carbocycles. The van der Waals surface area contributed by atoms with E-state index in [1.807, 2.05) is 26.0 Å². The van der Waals surface area contributed by atoms with Gasteiger partial charge in [-0.05, 0) is 68.0 Å². The lowest BCUT2D eigenvalue weighted by Crippen LogP contribution is -2.09. The lowest BCUT2D eigenvalue weighted by atomic mass is 10.1. The molecule has 1 aliphatic heterocycles. The van der Waals surface area contributed by atoms with Crippen LogP contribution in [0.4, 0.5) is 0 Å². The zero-order valence-electron chi connectivity index (χ0n) is 18.0. The molecule has 7 heteroatoms. The topological polar surface area (TPSA) is 74.2 Å². The summed E-state index contributed by atoms with van der Waals surface area (Å²) in [4.78, 5) is 29.1. The Morgan fingerprint density at radius 3 is 2.58 bits per heavy atom. The highest BCUT2D eigenvalue weighted by Gasteiger charge is 2.24. The molecule has 0 atom stereocenters. The van der Waals surface area contributed by atoms with Gasteiger partial charge in [0.2, 0.25) is 5.90 Å². The van der Waals surface area contributed by atoms with Crippen molar-refractivity contribution in [1.82, 2.24) is 0 Å². The van der Waals surface area contributed by atoms with Gasteiger partial charge in [-0.1, -0.05) is 41.4 Å². The first-order valence-corrected chi connectivity index (χ1v) is 10.6. The Morgan fingerprint density at radius 2 is 1.85 bits per heavy atom. The third kappa shape index (κ3) is 5.30. The molecule has 4 rings (SSSR count). The summed E-state index contributed by atoms with van der Waals surface area (Å²) in [6.07, 6.45) is 1.58. The number of carbonyl (C=O) groups excluding carboxylic acids is 2. The van der Waals surface area contributed by atoms with E-state index in [-0.39, 0.29) is 17.3 Å². The van der Waals surface area contributed by atoms with Crippen LogP contribution in [0, 0.1) is 6.92 Å². The lowest BCUT2D eigenvalue weighted by Gasteiger charge is -2.11. The average molecular weight is 462 g/mol. The van der Waals surface area contributed by atoms with Gasteiger partial charge in [0.15, 0.2) is 17.2 Å². The largest absolute Gasteiger partial charge is 0.490 e. The van der Waals surface area contributed by atoms with Gasteiger partial charge in [0.25, 0.3) is 0 Å². The summed E-state index contributed by atoms with van der Waals surface area (Å²) in [5.41, 5.74) is 2.86. The standard InChI is InChI=1S/C26H20ClNO5/c1-3-31-23-14-17(9-12-22(23)32-25(29)18-10-7-16(2)8-11-18)13-21-26(30)33-24(28-21)19-5-4-6-20(27)15-19/h4-15H,3H2,1-2H3/b21-13-. The molecule has 0 spiro atoms. The van der Waals surface area contributed by atoms with Crippen LogP contribution in [-0.2, 0) is 9.53 Å². The smallest absolute Gasteiger partial charge is 0.363 e. The first-order valence-electron chi connectivity index (χ1n) is 10.3. The highest BCUT2D eigenvalue weighted by molar-refractivity contribution is 6.31. The van der Waals surface area contributed by atoms with Crippen LogP contribution < -0.4 is 9.47 Å². The Labute approximate surface area is 196 Å². The molecule has 33 heavy (non-hydrogen) atoms. The summed E-state index contributed by atoms with van der Waals surface area (Å²) in [6, 6.07) is 19.0. The zero-order valence-corrected chi connectivity index (χ0v) is 18.8. The third-order valence-electron chi connectivity index (χ3n) is 4.75. The number of esters is 2. The van der Waals surface area contributed by atoms with Crippen LogP contribution in [0.1, 0.15) is 34.0 Å². The Hall–Kier alpha value is -3.90. The van der Waals surface area contributed by atoms with Crippen LogP contribution in [0.2, 0.25) is 5.02 Å². The minimum Gasteiger partial charge on any atom is -0.490 e. The fourth-order valence-electron chi connectivity index (χ4n) is 3.13. The number of hydrogen-bond donors (Lipinski definition) is 0. The van der Waals surface area contributed by atoms with Crippen LogP contribution in [0.15, 0.2) is 77.4 Å². The maximum Gasteiger partial charge on any atom is 0.363 e. The molecule has 0 N–H and O–H groups in total. The molecule has 3 aromatic rings. The number of carbonyl (C=O) groups is 2. The third-order valence-corrected chi connectivity index (χ3v) is 4.99. The molecule has 0 saturated carbocycles. The minimum absolute atomic E-state index is 0.136. The van der Waals surface area contributed by atoms with Crippen molar-refractivity contribution in [3.8, 4) is 11.5 Å². The van der Waals surface area contributed by atoms with Crippen molar-refractivity contribution in [3.05, 3.63) is 99.7 Å². The van der Waals surface area contributed by atoms with Crippen LogP contribution in [0.25, 0.3) is 6.08 Å². The monoisotopic (exact) mass is 461 g/mol. The first kappa shape index (κ1) is 22.3. The molecule has 0 radical (unpaired) electrons. The number of benzene rings is 3. The highest BCUT2D eigenvalue weighted by Crippen LogP contribution is 2.31. The van der Waals surface area contributed by atoms with E-state index in [1.165, 1.54) is 0 Å². The van der Waals surface area contributed by atoms with Crippen molar-refractivity contribution in [3.63, 3.8) is 0 Å². The maximum atomic E-state index is 12.5. The Bertz CT molecular complexity index is 1280. The second kappa shape index (κ2) is 9.71. The van der Waals surface area contributed by atoms with E-state index in [1.54, 1.807) is 60.7 Å². The van der Waals surface area contributed by atoms with Gasteiger partial charge in [-0.2, -0.15) is 0 Å². The van der Waals surface area contributed by atoms with Crippen molar-refractivity contribution < 1.29 is 23.8 Å². The molecule has 0 unspecified atom stereocenters. The molecule has 0 amide bonds. The summed E-state index contributed by atoms with van der Waals surface area (Å²) in [5.74, 6) is -0.225. The molecule has 166 valence electrons. The van der Waals surface area contributed by atoms with E-state index in [4.69, 9.17) is 25.8 Å². The van der Waals surface area contributed by atoms with E-state index < -0.39 is 11.9 Å². The van der Waals surface area contributed by atoms with E-state index >= 15 is 0 Å². The second-order valence-electron chi connectivity index (χ2n) is 7.24. The summed E-state index contributed by atoms with van der Waals surface area (Å²) < 4.78 is 16.5. The van der Waals surface area contributed by atoms with Crippen molar-refractivity contribution in [2.75, 3.05) is 6.61 Å². The number of cyclic esters (lactones) is 1. The van der Waals surface area contributed by atoms with E-state index in [0.29, 0.717) is 34.1 Å². The molecule has 1 aliphatic rings. The SMILES string of the molecule is CCOc1cc(/C=C2\N=C(c3cccc(Cl)c3)OC2=O)ccc1OC(=O)c1ccc(C)cc1. The Kier molecular flexibility index (Phi) is 6.56. The number of ether oxygens (including phenoxy) is 3. The van der Waals surface area contributed by atoms with Crippen molar-refractivity contribution in [1.29, 1.82) is 0 Å². The van der Waals surface area contributed by atoms with Gasteiger partial charge in [0, 0.05) is 10.6 Å². The zero-order chi connectivity index (χ0) is 23.4. The molecule has 0 aromatic heterocycles. The Morgan fingerprint density at radius 1 is 1.06 bits per heavy atom. The fourth-order valence-corrected chi connectivity index (χ4v) is 3.32. The predicted molar refractivity (Wildman–Crippen MR) is 126 cm³/mol. The van der Waals surface area contributed by atoms with Gasteiger partial charge in [-0.3, -0.25) is 0 Å². The summed E-state index contributed by atoms with van der Waals surface area (Å²) in [7, 11) is 0. The summed E-state index contributed by atoms with van der Waals surface area (Å²) in [5, 5.41) is 0.515. The highest BCUT2D eigenvalue weighted by atomic mass is 35.5. The van der Waals surface area contributed by atoms with Crippen LogP contribution >= 0.6 is 11.6 Å². The van der Waals surface area contributed by atoms with E-state index in [2.05, 4.69) is 4.99 Å². The lowest BCUT2D eigenvalue weighted by molar-refractivity contribution is -0.129. The van der Waals surface area contributed by atoms with Gasteiger partial charge in [-0.25, -0.2) is 14.6 Å². The molecule has 0 saturated heterocycles. The fraction of sp³-hybridized carbons (Fsp3) is 0.115. The Balaban J connectivity index is 1.59. The number of rotatable bonds is 6. The molecule has 6 nitrogen and oxygen atoms in total. The maximum absolute atomic E-state index is 12.5. The van der Waals surface area contributed by atoms with Crippen LogP contribution in [0.5, 0.6) is 11.5 Å². The summed E-state index contributed by atoms with van der Waals surface area (Å²) >= 11 is 6.01. The number of nitrogens with zero attached hydrogens (tertiary/aromatic N) is 1. The normalized spacial score (nSPS) is 14.1. The quantitative estimate of drug-likeness (QED) is 0.271. The minimum atomic E-state index is -0.571. The van der Waals surface area contributed by atoms with E-state index in [9.17, 15) is 9.59 Å². The molecular weight excluding hydrogens is 442 g/mol. The van der Waals surface area contributed by atoms with E-state index in [0.717, 1.165) is 5.56 Å². The first-order chi connectivity index (χ1) is 15.9. The van der Waals surface area contributed by atoms with Gasteiger partial charge in [-0.15, -0.1) is 0 Å². The number of halogens is 1. The molecule has 1 heterocycles.